The van der Waals surface area contributed by atoms with E-state index in [0.717, 1.165) is 41.0 Å². The van der Waals surface area contributed by atoms with E-state index >= 15 is 0 Å². The molecular formula is C26H32N2O4S. The fourth-order valence-corrected chi connectivity index (χ4v) is 6.21. The lowest BCUT2D eigenvalue weighted by atomic mass is 9.85. The Hall–Kier alpha value is -2.67. The number of rotatable bonds is 6. The molecule has 2 atom stereocenters. The smallest absolute Gasteiger partial charge is 0.263 e. The summed E-state index contributed by atoms with van der Waals surface area (Å²) in [6.07, 6.45) is 8.52. The Balaban J connectivity index is 1.63. The van der Waals surface area contributed by atoms with Crippen LogP contribution in [0.4, 0.5) is 5.69 Å². The zero-order chi connectivity index (χ0) is 23.4. The average Bonchev–Trinajstić information content (AvgIpc) is 2.93. The van der Waals surface area contributed by atoms with E-state index in [-0.39, 0.29) is 11.8 Å². The van der Waals surface area contributed by atoms with Crippen LogP contribution < -0.4 is 9.62 Å². The van der Waals surface area contributed by atoms with Crippen molar-refractivity contribution < 1.29 is 18.0 Å². The molecule has 1 aliphatic heterocycles. The highest BCUT2D eigenvalue weighted by Crippen LogP contribution is 2.40. The molecule has 1 N–H and O–H groups in total. The van der Waals surface area contributed by atoms with Crippen LogP contribution in [-0.4, -0.2) is 32.5 Å². The molecule has 176 valence electrons. The maximum absolute atomic E-state index is 13.5. The number of carbonyl (C=O) groups is 2. The monoisotopic (exact) mass is 468 g/mol. The van der Waals surface area contributed by atoms with Gasteiger partial charge in [0.1, 0.15) is 6.04 Å². The quantitative estimate of drug-likeness (QED) is 0.683. The van der Waals surface area contributed by atoms with E-state index in [1.807, 2.05) is 42.5 Å². The molecule has 33 heavy (non-hydrogen) atoms. The number of anilines is 1. The molecule has 0 radical (unpaired) electrons. The fraction of sp³-hybridized carbons (Fsp3) is 0.462. The molecule has 0 saturated heterocycles. The van der Waals surface area contributed by atoms with Gasteiger partial charge >= 0.3 is 0 Å². The molecule has 1 fully saturated rings. The second-order valence-electron chi connectivity index (χ2n) is 9.29. The van der Waals surface area contributed by atoms with Crippen molar-refractivity contribution in [2.75, 3.05) is 10.6 Å². The molecule has 2 aromatic rings. The van der Waals surface area contributed by atoms with Crippen LogP contribution in [0.15, 0.2) is 54.6 Å². The lowest BCUT2D eigenvalue weighted by Gasteiger charge is -2.25. The molecule has 2 aliphatic rings. The molecule has 1 aliphatic carbocycles. The number of hydrogen-bond donors (Lipinski definition) is 1. The average molecular weight is 469 g/mol. The van der Waals surface area contributed by atoms with E-state index in [2.05, 4.69) is 5.32 Å². The third-order valence-corrected chi connectivity index (χ3v) is 7.91. The predicted molar refractivity (Wildman–Crippen MR) is 129 cm³/mol. The molecule has 0 bridgehead atoms. The lowest BCUT2D eigenvalue weighted by Crippen LogP contribution is -2.50. The van der Waals surface area contributed by atoms with Crippen LogP contribution in [0.1, 0.15) is 68.4 Å². The topological polar surface area (TPSA) is 83.6 Å². The normalized spacial score (nSPS) is 21.8. The van der Waals surface area contributed by atoms with Gasteiger partial charge in [0.15, 0.2) is 0 Å². The minimum absolute atomic E-state index is 0.190. The van der Waals surface area contributed by atoms with Gasteiger partial charge in [-0.3, -0.25) is 9.59 Å². The molecule has 2 amide bonds. The molecular weight excluding hydrogens is 436 g/mol. The number of hydrogen-bond acceptors (Lipinski definition) is 4. The van der Waals surface area contributed by atoms with E-state index in [1.165, 1.54) is 19.3 Å². The number of fused-ring (bicyclic) bond motifs is 1. The van der Waals surface area contributed by atoms with Crippen molar-refractivity contribution in [3.8, 4) is 0 Å². The summed E-state index contributed by atoms with van der Waals surface area (Å²) in [6.45, 7) is 0. The Bertz CT molecular complexity index is 1090. The first-order chi connectivity index (χ1) is 15.8. The zero-order valence-electron chi connectivity index (χ0n) is 19.1. The molecule has 0 aromatic heterocycles. The Labute approximate surface area is 196 Å². The van der Waals surface area contributed by atoms with Crippen LogP contribution in [0, 0.1) is 5.92 Å². The molecule has 6 nitrogen and oxygen atoms in total. The first-order valence-electron chi connectivity index (χ1n) is 11.8. The van der Waals surface area contributed by atoms with Crippen molar-refractivity contribution in [2.24, 2.45) is 5.92 Å². The van der Waals surface area contributed by atoms with Crippen LogP contribution >= 0.6 is 0 Å². The standard InChI is InChI=1S/C26H32N2O4S/c1-33(31,32)28-24-15-9-8-14-21(24)22(20-12-6-3-7-13-20)18-23(26(28)30)27-25(29)17-16-19-10-4-2-5-11-19/h3,6-9,12-15,19,22-23H,2,4-5,10-11,16-18H2,1H3,(H,27,29)/t22-,23-/m0/s1. The molecule has 0 unspecified atom stereocenters. The van der Waals surface area contributed by atoms with Gasteiger partial charge in [-0.15, -0.1) is 0 Å². The Morgan fingerprint density at radius 1 is 1.00 bits per heavy atom. The summed E-state index contributed by atoms with van der Waals surface area (Å²) in [7, 11) is -3.88. The van der Waals surface area contributed by atoms with Crippen LogP contribution in [0.2, 0.25) is 0 Å². The Morgan fingerprint density at radius 3 is 2.36 bits per heavy atom. The summed E-state index contributed by atoms with van der Waals surface area (Å²) in [5.41, 5.74) is 2.11. The number of sulfonamides is 1. The maximum Gasteiger partial charge on any atom is 0.263 e. The Kier molecular flexibility index (Phi) is 7.17. The highest BCUT2D eigenvalue weighted by atomic mass is 32.2. The summed E-state index contributed by atoms with van der Waals surface area (Å²) in [5.74, 6) is -0.454. The SMILES string of the molecule is CS(=O)(=O)N1C(=O)[C@@H](NC(=O)CCC2CCCCC2)C[C@@H](c2ccccc2)c2ccccc21. The van der Waals surface area contributed by atoms with Crippen LogP contribution in [-0.2, 0) is 19.6 Å². The van der Waals surface area contributed by atoms with Gasteiger partial charge in [0, 0.05) is 12.3 Å². The van der Waals surface area contributed by atoms with Gasteiger partial charge in [-0.25, -0.2) is 12.7 Å². The number of nitrogens with one attached hydrogen (secondary N) is 1. The molecule has 2 aromatic carbocycles. The minimum atomic E-state index is -3.88. The molecule has 0 spiro atoms. The third kappa shape index (κ3) is 5.46. The highest BCUT2D eigenvalue weighted by Gasteiger charge is 2.40. The van der Waals surface area contributed by atoms with Gasteiger partial charge in [0.25, 0.3) is 5.91 Å². The van der Waals surface area contributed by atoms with Crippen molar-refractivity contribution in [3.05, 3.63) is 65.7 Å². The van der Waals surface area contributed by atoms with Gasteiger partial charge < -0.3 is 5.32 Å². The summed E-state index contributed by atoms with van der Waals surface area (Å²) in [4.78, 5) is 26.4. The van der Waals surface area contributed by atoms with E-state index in [4.69, 9.17) is 0 Å². The van der Waals surface area contributed by atoms with Crippen molar-refractivity contribution in [1.29, 1.82) is 0 Å². The summed E-state index contributed by atoms with van der Waals surface area (Å²) >= 11 is 0. The second-order valence-corrected chi connectivity index (χ2v) is 11.1. The molecule has 1 saturated carbocycles. The number of benzene rings is 2. The molecule has 1 heterocycles. The fourth-order valence-electron chi connectivity index (χ4n) is 5.23. The van der Waals surface area contributed by atoms with Gasteiger partial charge in [0.05, 0.1) is 11.9 Å². The van der Waals surface area contributed by atoms with Crippen LogP contribution in [0.5, 0.6) is 0 Å². The second kappa shape index (κ2) is 10.1. The summed E-state index contributed by atoms with van der Waals surface area (Å²) in [6, 6.07) is 15.9. The van der Waals surface area contributed by atoms with E-state index in [9.17, 15) is 18.0 Å². The first-order valence-corrected chi connectivity index (χ1v) is 13.7. The summed E-state index contributed by atoms with van der Waals surface area (Å²) in [5, 5.41) is 2.89. The highest BCUT2D eigenvalue weighted by molar-refractivity contribution is 7.92. The Morgan fingerprint density at radius 2 is 1.67 bits per heavy atom. The summed E-state index contributed by atoms with van der Waals surface area (Å²) < 4.78 is 26.3. The predicted octanol–water partition coefficient (Wildman–Crippen LogP) is 4.36. The number of carbonyl (C=O) groups excluding carboxylic acids is 2. The van der Waals surface area contributed by atoms with Gasteiger partial charge in [-0.05, 0) is 36.0 Å². The van der Waals surface area contributed by atoms with Crippen molar-refractivity contribution in [1.82, 2.24) is 5.32 Å². The van der Waals surface area contributed by atoms with Crippen molar-refractivity contribution >= 4 is 27.5 Å². The lowest BCUT2D eigenvalue weighted by molar-refractivity contribution is -0.127. The largest absolute Gasteiger partial charge is 0.344 e. The number of amides is 2. The van der Waals surface area contributed by atoms with Gasteiger partial charge in [-0.1, -0.05) is 80.6 Å². The van der Waals surface area contributed by atoms with Gasteiger partial charge in [0.2, 0.25) is 15.9 Å². The van der Waals surface area contributed by atoms with Crippen molar-refractivity contribution in [3.63, 3.8) is 0 Å². The van der Waals surface area contributed by atoms with Crippen LogP contribution in [0.25, 0.3) is 0 Å². The van der Waals surface area contributed by atoms with E-state index in [0.29, 0.717) is 24.4 Å². The van der Waals surface area contributed by atoms with Crippen LogP contribution in [0.3, 0.4) is 0 Å². The van der Waals surface area contributed by atoms with E-state index in [1.54, 1.807) is 12.1 Å². The van der Waals surface area contributed by atoms with Crippen molar-refractivity contribution in [2.45, 2.75) is 63.3 Å². The zero-order valence-corrected chi connectivity index (χ0v) is 19.9. The first kappa shape index (κ1) is 23.5. The number of para-hydroxylation sites is 1. The van der Waals surface area contributed by atoms with Gasteiger partial charge in [-0.2, -0.15) is 0 Å². The molecule has 4 rings (SSSR count). The third-order valence-electron chi connectivity index (χ3n) is 6.87. The number of nitrogens with zero attached hydrogens (tertiary/aromatic N) is 1. The maximum atomic E-state index is 13.5. The minimum Gasteiger partial charge on any atom is -0.344 e. The molecule has 7 heteroatoms. The van der Waals surface area contributed by atoms with E-state index < -0.39 is 22.0 Å².